The van der Waals surface area contributed by atoms with Crippen LogP contribution in [0.25, 0.3) is 0 Å². The van der Waals surface area contributed by atoms with Crippen LogP contribution in [0.3, 0.4) is 0 Å². The highest BCUT2D eigenvalue weighted by molar-refractivity contribution is 7.81. The third-order valence-corrected chi connectivity index (χ3v) is 3.45. The molecule has 76 valence electrons. The summed E-state index contributed by atoms with van der Waals surface area (Å²) in [6, 6.07) is 0.956. The Hall–Kier alpha value is 0.190. The van der Waals surface area contributed by atoms with Gasteiger partial charge < -0.3 is 0 Å². The van der Waals surface area contributed by atoms with E-state index in [-0.39, 0.29) is 0 Å². The largest absolute Gasteiger partial charge is 0.297 e. The number of nitrogens with one attached hydrogen (secondary N) is 3. The number of hydrogen-bond acceptors (Lipinski definition) is 5. The molecule has 2 heterocycles. The Balaban J connectivity index is 2.04. The van der Waals surface area contributed by atoms with Crippen molar-refractivity contribution in [2.24, 2.45) is 0 Å². The Kier molecular flexibility index (Phi) is 2.80. The van der Waals surface area contributed by atoms with Crippen LogP contribution in [-0.4, -0.2) is 41.9 Å². The molecule has 0 aromatic heterocycles. The molecule has 0 spiro atoms. The molecule has 0 aromatic rings. The average molecular weight is 202 g/mol. The molecule has 0 saturated carbocycles. The van der Waals surface area contributed by atoms with Crippen molar-refractivity contribution in [1.29, 1.82) is 0 Å². The van der Waals surface area contributed by atoms with E-state index in [2.05, 4.69) is 47.3 Å². The number of hydrogen-bond donors (Lipinski definition) is 4. The molecule has 2 rings (SSSR count). The lowest BCUT2D eigenvalue weighted by molar-refractivity contribution is 0.109. The molecule has 4 nitrogen and oxygen atoms in total. The first-order valence-electron chi connectivity index (χ1n) is 4.84. The fraction of sp³-hybridized carbons (Fsp3) is 1.00. The Labute approximate surface area is 84.8 Å². The van der Waals surface area contributed by atoms with E-state index in [9.17, 15) is 0 Å². The zero-order valence-corrected chi connectivity index (χ0v) is 9.01. The lowest BCUT2D eigenvalue weighted by Crippen LogP contribution is -2.64. The van der Waals surface area contributed by atoms with Crippen molar-refractivity contribution in [2.75, 3.05) is 13.3 Å². The molecule has 0 bridgehead atoms. The van der Waals surface area contributed by atoms with Gasteiger partial charge in [-0.1, -0.05) is 0 Å². The summed E-state index contributed by atoms with van der Waals surface area (Å²) in [6.07, 6.45) is 0.387. The third kappa shape index (κ3) is 1.71. The van der Waals surface area contributed by atoms with E-state index in [1.807, 2.05) is 0 Å². The SMILES string of the molecule is CC(C)N1CNC2NCNC2C1S. The quantitative estimate of drug-likeness (QED) is 0.427. The maximum Gasteiger partial charge on any atom is 0.0774 e. The maximum atomic E-state index is 4.65. The molecule has 2 aliphatic rings. The van der Waals surface area contributed by atoms with Gasteiger partial charge in [0, 0.05) is 12.7 Å². The maximum absolute atomic E-state index is 4.65. The van der Waals surface area contributed by atoms with Crippen LogP contribution in [0.5, 0.6) is 0 Å². The molecule has 3 N–H and O–H groups in total. The van der Waals surface area contributed by atoms with E-state index in [4.69, 9.17) is 0 Å². The molecule has 0 amide bonds. The van der Waals surface area contributed by atoms with Gasteiger partial charge in [0.15, 0.2) is 0 Å². The smallest absolute Gasteiger partial charge is 0.0774 e. The standard InChI is InChI=1S/C8H18N4S/c1-5(2)12-4-11-7-6(8(12)13)9-3-10-7/h5-11,13H,3-4H2,1-2H3. The van der Waals surface area contributed by atoms with Crippen molar-refractivity contribution in [3.8, 4) is 0 Å². The van der Waals surface area contributed by atoms with Gasteiger partial charge in [0.05, 0.1) is 24.3 Å². The summed E-state index contributed by atoms with van der Waals surface area (Å²) in [5, 5.41) is 10.5. The molecular formula is C8H18N4S. The van der Waals surface area contributed by atoms with Crippen LogP contribution >= 0.6 is 12.6 Å². The van der Waals surface area contributed by atoms with Gasteiger partial charge in [-0.15, -0.1) is 0 Å². The van der Waals surface area contributed by atoms with Gasteiger partial charge in [-0.25, -0.2) is 0 Å². The Morgan fingerprint density at radius 1 is 1.31 bits per heavy atom. The molecular weight excluding hydrogens is 184 g/mol. The van der Waals surface area contributed by atoms with Gasteiger partial charge in [-0.05, 0) is 13.8 Å². The van der Waals surface area contributed by atoms with Crippen molar-refractivity contribution < 1.29 is 0 Å². The van der Waals surface area contributed by atoms with Crippen LogP contribution < -0.4 is 16.0 Å². The van der Waals surface area contributed by atoms with E-state index < -0.39 is 0 Å². The topological polar surface area (TPSA) is 39.3 Å². The second-order valence-electron chi connectivity index (χ2n) is 3.97. The monoisotopic (exact) mass is 202 g/mol. The molecule has 0 aromatic carbocycles. The highest BCUT2D eigenvalue weighted by Crippen LogP contribution is 2.19. The van der Waals surface area contributed by atoms with Gasteiger partial charge in [0.1, 0.15) is 0 Å². The van der Waals surface area contributed by atoms with E-state index in [1.54, 1.807) is 0 Å². The van der Waals surface area contributed by atoms with Crippen molar-refractivity contribution in [2.45, 2.75) is 37.5 Å². The molecule has 0 radical (unpaired) electrons. The fourth-order valence-electron chi connectivity index (χ4n) is 2.00. The molecule has 2 fully saturated rings. The second kappa shape index (κ2) is 3.74. The highest BCUT2D eigenvalue weighted by atomic mass is 32.1. The molecule has 13 heavy (non-hydrogen) atoms. The van der Waals surface area contributed by atoms with Crippen molar-refractivity contribution >= 4 is 12.6 Å². The minimum atomic E-state index is 0.307. The molecule has 0 aliphatic carbocycles. The first-order chi connectivity index (χ1) is 6.20. The average Bonchev–Trinajstić information content (AvgIpc) is 2.52. The molecule has 2 aliphatic heterocycles. The summed E-state index contributed by atoms with van der Waals surface area (Å²) in [6.45, 7) is 6.20. The number of rotatable bonds is 1. The van der Waals surface area contributed by atoms with Crippen LogP contribution in [0.2, 0.25) is 0 Å². The number of nitrogens with zero attached hydrogens (tertiary/aromatic N) is 1. The van der Waals surface area contributed by atoms with Crippen LogP contribution in [0, 0.1) is 0 Å². The molecule has 2 saturated heterocycles. The summed E-state index contributed by atoms with van der Waals surface area (Å²) < 4.78 is 0. The highest BCUT2D eigenvalue weighted by Gasteiger charge is 2.39. The van der Waals surface area contributed by atoms with Crippen LogP contribution in [0.15, 0.2) is 0 Å². The van der Waals surface area contributed by atoms with Gasteiger partial charge in [0.2, 0.25) is 0 Å². The minimum absolute atomic E-state index is 0.307. The first kappa shape index (κ1) is 9.73. The summed E-state index contributed by atoms with van der Waals surface area (Å²) in [5.74, 6) is 0. The predicted molar refractivity (Wildman–Crippen MR) is 56.5 cm³/mol. The Morgan fingerprint density at radius 3 is 2.77 bits per heavy atom. The number of fused-ring (bicyclic) bond motifs is 1. The van der Waals surface area contributed by atoms with Crippen molar-refractivity contribution in [1.82, 2.24) is 20.9 Å². The third-order valence-electron chi connectivity index (χ3n) is 2.84. The lowest BCUT2D eigenvalue weighted by Gasteiger charge is -2.42. The van der Waals surface area contributed by atoms with Crippen LogP contribution in [0.4, 0.5) is 0 Å². The molecule has 5 heteroatoms. The van der Waals surface area contributed by atoms with Crippen LogP contribution in [0.1, 0.15) is 13.8 Å². The molecule has 3 atom stereocenters. The lowest BCUT2D eigenvalue weighted by atomic mass is 10.1. The summed E-state index contributed by atoms with van der Waals surface area (Å²) in [4.78, 5) is 2.35. The zero-order valence-electron chi connectivity index (χ0n) is 8.12. The van der Waals surface area contributed by atoms with Crippen molar-refractivity contribution in [3.05, 3.63) is 0 Å². The van der Waals surface area contributed by atoms with Gasteiger partial charge in [0.25, 0.3) is 0 Å². The second-order valence-corrected chi connectivity index (χ2v) is 4.50. The summed E-state index contributed by atoms with van der Waals surface area (Å²) in [7, 11) is 0. The summed E-state index contributed by atoms with van der Waals surface area (Å²) >= 11 is 4.65. The molecule has 3 unspecified atom stereocenters. The fourth-order valence-corrected chi connectivity index (χ4v) is 2.63. The Bertz CT molecular complexity index is 185. The normalized spacial score (nSPS) is 41.1. The zero-order chi connectivity index (χ0) is 9.42. The first-order valence-corrected chi connectivity index (χ1v) is 5.36. The predicted octanol–water partition coefficient (Wildman–Crippen LogP) is -0.642. The minimum Gasteiger partial charge on any atom is -0.297 e. The Morgan fingerprint density at radius 2 is 2.08 bits per heavy atom. The van der Waals surface area contributed by atoms with E-state index in [0.29, 0.717) is 23.6 Å². The van der Waals surface area contributed by atoms with E-state index >= 15 is 0 Å². The van der Waals surface area contributed by atoms with Gasteiger partial charge >= 0.3 is 0 Å². The van der Waals surface area contributed by atoms with E-state index in [0.717, 1.165) is 13.3 Å². The van der Waals surface area contributed by atoms with Crippen molar-refractivity contribution in [3.63, 3.8) is 0 Å². The van der Waals surface area contributed by atoms with Crippen LogP contribution in [-0.2, 0) is 0 Å². The van der Waals surface area contributed by atoms with Gasteiger partial charge in [-0.3, -0.25) is 20.9 Å². The van der Waals surface area contributed by atoms with E-state index in [1.165, 1.54) is 0 Å². The number of thiol groups is 1. The summed E-state index contributed by atoms with van der Waals surface area (Å²) in [5.41, 5.74) is 0. The van der Waals surface area contributed by atoms with Gasteiger partial charge in [-0.2, -0.15) is 12.6 Å².